The van der Waals surface area contributed by atoms with Gasteiger partial charge in [0.25, 0.3) is 17.7 Å². The van der Waals surface area contributed by atoms with Gasteiger partial charge in [0, 0.05) is 39.7 Å². The van der Waals surface area contributed by atoms with Crippen LogP contribution in [0.1, 0.15) is 111 Å². The number of alkyl halides is 3. The predicted molar refractivity (Wildman–Crippen MR) is 354 cm³/mol. The standard InChI is InChI=1S/C70H73N9O6.C2HF3O2/c71-43-10-7-40-68(74,62(80)58-25-13-19-46-16-1-4-22-55(46)58)65(83)77-52-34-28-49(29-35-52)61(50-30-36-53(37-31-50)78-66(84)69(75,41-8-11-44-72)63(81)59-26-14-20-47-17-2-5-23-56(47)59)51-32-38-54(39-33-51)79-67(85)70(76,42-9-12-45-73)64(82)60-27-15-21-48-18-3-6-24-57(48)60;3-2(4,5)1(6)7/h1-6,13-39,61H,7-12,40-45,71-76H2,(H,77,83)(H,78,84)(H,79,85);(H,6,7)/t68-,69-,70-;/m0./s1. The van der Waals surface area contributed by atoms with Crippen molar-refractivity contribution in [3.05, 3.63) is 234 Å². The average molecular weight is 1250 g/mol. The molecule has 0 spiro atoms. The molecule has 476 valence electrons. The lowest BCUT2D eigenvalue weighted by Crippen LogP contribution is -2.57. The number of hydrogen-bond donors (Lipinski definition) is 10. The van der Waals surface area contributed by atoms with Crippen LogP contribution in [0.15, 0.2) is 200 Å². The number of ketones is 3. The van der Waals surface area contributed by atoms with Crippen LogP contribution in [-0.2, 0) is 19.2 Å². The number of carboxylic acids is 1. The molecule has 0 aliphatic carbocycles. The van der Waals surface area contributed by atoms with E-state index in [-0.39, 0.29) is 19.3 Å². The van der Waals surface area contributed by atoms with Crippen molar-refractivity contribution in [1.82, 2.24) is 0 Å². The molecule has 3 amide bonds. The molecule has 92 heavy (non-hydrogen) atoms. The predicted octanol–water partition coefficient (Wildman–Crippen LogP) is 10.9. The van der Waals surface area contributed by atoms with Gasteiger partial charge in [0.1, 0.15) is 0 Å². The quantitative estimate of drug-likeness (QED) is 0.00991. The number of hydrogen-bond acceptors (Lipinski definition) is 13. The van der Waals surface area contributed by atoms with Crippen molar-refractivity contribution in [2.24, 2.45) is 34.4 Å². The van der Waals surface area contributed by atoms with Crippen LogP contribution in [0.4, 0.5) is 30.2 Å². The minimum Gasteiger partial charge on any atom is -0.475 e. The molecular weight excluding hydrogens is 1180 g/mol. The maximum absolute atomic E-state index is 14.5. The summed E-state index contributed by atoms with van der Waals surface area (Å²) in [6.45, 7) is 1.10. The smallest absolute Gasteiger partial charge is 0.475 e. The van der Waals surface area contributed by atoms with E-state index in [9.17, 15) is 41.9 Å². The van der Waals surface area contributed by atoms with E-state index >= 15 is 0 Å². The Morgan fingerprint density at radius 2 is 0.598 bits per heavy atom. The molecular formula is C72H74F3N9O8. The number of Topliss-reactive ketones (excluding diaryl/α,β-unsaturated/α-hetero) is 3. The van der Waals surface area contributed by atoms with Gasteiger partial charge in [-0.3, -0.25) is 28.8 Å². The summed E-state index contributed by atoms with van der Waals surface area (Å²) in [5, 5.41) is 20.5. The van der Waals surface area contributed by atoms with Crippen molar-refractivity contribution >= 4 is 90.4 Å². The highest BCUT2D eigenvalue weighted by Gasteiger charge is 2.45. The van der Waals surface area contributed by atoms with Crippen molar-refractivity contribution in [2.75, 3.05) is 35.6 Å². The fourth-order valence-electron chi connectivity index (χ4n) is 11.2. The number of halogens is 3. The van der Waals surface area contributed by atoms with E-state index < -0.39 is 69.8 Å². The monoisotopic (exact) mass is 1250 g/mol. The number of unbranched alkanes of at least 4 members (excludes halogenated alkanes) is 3. The Kier molecular flexibility index (Phi) is 22.5. The second-order valence-electron chi connectivity index (χ2n) is 22.7. The third-order valence-electron chi connectivity index (χ3n) is 16.4. The van der Waals surface area contributed by atoms with Crippen molar-refractivity contribution in [2.45, 2.75) is 86.5 Å². The first-order valence-corrected chi connectivity index (χ1v) is 30.2. The molecule has 0 unspecified atom stereocenters. The van der Waals surface area contributed by atoms with Crippen LogP contribution in [0.3, 0.4) is 0 Å². The number of carbonyl (C=O) groups excluding carboxylic acids is 6. The number of aliphatic carboxylic acids is 1. The van der Waals surface area contributed by atoms with Gasteiger partial charge in [-0.1, -0.05) is 164 Å². The van der Waals surface area contributed by atoms with Gasteiger partial charge >= 0.3 is 12.1 Å². The molecule has 9 aromatic rings. The molecule has 16 N–H and O–H groups in total. The van der Waals surface area contributed by atoms with Crippen LogP contribution in [-0.4, -0.2) is 88.6 Å². The summed E-state index contributed by atoms with van der Waals surface area (Å²) in [6, 6.07) is 60.0. The van der Waals surface area contributed by atoms with Crippen LogP contribution in [0.25, 0.3) is 32.3 Å². The van der Waals surface area contributed by atoms with Gasteiger partial charge in [-0.05, 0) is 163 Å². The zero-order valence-electron chi connectivity index (χ0n) is 50.5. The number of rotatable bonds is 27. The molecule has 9 aromatic carbocycles. The van der Waals surface area contributed by atoms with E-state index in [1.165, 1.54) is 0 Å². The molecule has 0 bridgehead atoms. The fourth-order valence-corrected chi connectivity index (χ4v) is 11.2. The second kappa shape index (κ2) is 30.3. The Hall–Kier alpha value is -9.80. The number of anilines is 3. The molecule has 20 heteroatoms. The number of carboxylic acid groups (broad SMARTS) is 1. The van der Waals surface area contributed by atoms with E-state index in [1.807, 2.05) is 127 Å². The number of fused-ring (bicyclic) bond motifs is 3. The zero-order chi connectivity index (χ0) is 66.2. The van der Waals surface area contributed by atoms with Crippen molar-refractivity contribution in [3.8, 4) is 0 Å². The first kappa shape index (κ1) is 68.1. The minimum atomic E-state index is -5.08. The van der Waals surface area contributed by atoms with E-state index in [1.54, 1.807) is 72.8 Å². The molecule has 0 saturated heterocycles. The lowest BCUT2D eigenvalue weighted by molar-refractivity contribution is -0.192. The first-order valence-electron chi connectivity index (χ1n) is 30.2. The molecule has 0 radical (unpaired) electrons. The van der Waals surface area contributed by atoms with Gasteiger partial charge in [-0.2, -0.15) is 13.2 Å². The summed E-state index contributed by atoms with van der Waals surface area (Å²) < 4.78 is 31.7. The van der Waals surface area contributed by atoms with Crippen LogP contribution < -0.4 is 50.4 Å². The maximum atomic E-state index is 14.5. The van der Waals surface area contributed by atoms with Crippen molar-refractivity contribution in [1.29, 1.82) is 0 Å². The summed E-state index contributed by atoms with van der Waals surface area (Å²) >= 11 is 0. The van der Waals surface area contributed by atoms with E-state index in [0.29, 0.717) is 108 Å². The fraction of sp³-hybridized carbons (Fsp3) is 0.236. The van der Waals surface area contributed by atoms with Gasteiger partial charge < -0.3 is 55.5 Å². The Balaban J connectivity index is 0.00000147. The van der Waals surface area contributed by atoms with Crippen molar-refractivity contribution < 1.29 is 51.8 Å². The molecule has 0 saturated carbocycles. The van der Waals surface area contributed by atoms with Gasteiger partial charge in [0.15, 0.2) is 34.0 Å². The molecule has 9 rings (SSSR count). The summed E-state index contributed by atoms with van der Waals surface area (Å²) in [6.07, 6.45) is -1.87. The van der Waals surface area contributed by atoms with Gasteiger partial charge in [0.2, 0.25) is 0 Å². The number of carbonyl (C=O) groups is 7. The number of amides is 3. The number of benzene rings is 9. The number of nitrogens with one attached hydrogen (secondary N) is 3. The van der Waals surface area contributed by atoms with Crippen LogP contribution in [0, 0.1) is 0 Å². The second-order valence-corrected chi connectivity index (χ2v) is 22.7. The normalized spacial score (nSPS) is 13.4. The highest BCUT2D eigenvalue weighted by molar-refractivity contribution is 6.26. The van der Waals surface area contributed by atoms with Gasteiger partial charge in [-0.25, -0.2) is 4.79 Å². The third-order valence-corrected chi connectivity index (χ3v) is 16.4. The minimum absolute atomic E-state index is 0.0628. The molecule has 0 aromatic heterocycles. The Morgan fingerprint density at radius 1 is 0.359 bits per heavy atom. The largest absolute Gasteiger partial charge is 0.490 e. The van der Waals surface area contributed by atoms with Crippen LogP contribution in [0.2, 0.25) is 0 Å². The molecule has 3 atom stereocenters. The third kappa shape index (κ3) is 15.7. The first-order chi connectivity index (χ1) is 44.1. The van der Waals surface area contributed by atoms with Gasteiger partial charge in [0.05, 0.1) is 0 Å². The highest BCUT2D eigenvalue weighted by atomic mass is 19.4. The summed E-state index contributed by atoms with van der Waals surface area (Å²) in [5.41, 5.74) is 37.1. The zero-order valence-corrected chi connectivity index (χ0v) is 50.5. The molecule has 0 aliphatic heterocycles. The summed E-state index contributed by atoms with van der Waals surface area (Å²) in [4.78, 5) is 95.6. The van der Waals surface area contributed by atoms with Crippen LogP contribution >= 0.6 is 0 Å². The Morgan fingerprint density at radius 3 is 0.837 bits per heavy atom. The lowest BCUT2D eigenvalue weighted by atomic mass is 9.82. The van der Waals surface area contributed by atoms with Crippen LogP contribution in [0.5, 0.6) is 0 Å². The summed E-state index contributed by atoms with van der Waals surface area (Å²) in [7, 11) is 0. The molecule has 0 heterocycles. The van der Waals surface area contributed by atoms with Crippen molar-refractivity contribution in [3.63, 3.8) is 0 Å². The maximum Gasteiger partial charge on any atom is 0.490 e. The SMILES string of the molecule is NCCCC[C@@](N)(C(=O)Nc1ccc(C(c2ccc(NC(=O)[C@](N)(CCCCN)C(=O)c3cccc4ccccc34)cc2)c2ccc(NC(=O)[C@](N)(CCCCN)C(=O)c3cccc4ccccc34)cc2)cc1)C(=O)c1cccc2ccccc12.O=C(O)C(F)(F)F. The van der Waals surface area contributed by atoms with E-state index in [2.05, 4.69) is 16.0 Å². The van der Waals surface area contributed by atoms with E-state index in [0.717, 1.165) is 32.8 Å². The highest BCUT2D eigenvalue weighted by Crippen LogP contribution is 2.36. The Labute approximate surface area is 530 Å². The molecule has 17 nitrogen and oxygen atoms in total. The lowest BCUT2D eigenvalue weighted by Gasteiger charge is -2.28. The topological polar surface area (TPSA) is 332 Å². The molecule has 0 aliphatic rings. The van der Waals surface area contributed by atoms with Gasteiger partial charge in [-0.15, -0.1) is 0 Å². The molecule has 0 fully saturated rings. The van der Waals surface area contributed by atoms with E-state index in [4.69, 9.17) is 44.3 Å². The summed E-state index contributed by atoms with van der Waals surface area (Å²) in [5.74, 6) is -6.76. The Bertz CT molecular complexity index is 3710. The average Bonchev–Trinajstić information content (AvgIpc) is 0.845. The number of nitrogens with two attached hydrogens (primary N) is 6.